The van der Waals surface area contributed by atoms with E-state index in [1.165, 1.54) is 0 Å². The molecule has 0 aliphatic heterocycles. The van der Waals surface area contributed by atoms with Crippen molar-refractivity contribution in [2.45, 2.75) is 33.9 Å². The zero-order valence-corrected chi connectivity index (χ0v) is 12.6. The zero-order chi connectivity index (χ0) is 14.7. The van der Waals surface area contributed by atoms with E-state index in [-0.39, 0.29) is 5.91 Å². The molecule has 4 nitrogen and oxygen atoms in total. The van der Waals surface area contributed by atoms with Gasteiger partial charge < -0.3 is 4.90 Å². The van der Waals surface area contributed by atoms with Gasteiger partial charge in [0.2, 0.25) is 0 Å². The molecule has 20 heavy (non-hydrogen) atoms. The molecule has 0 fully saturated rings. The molecule has 0 atom stereocenters. The number of carbonyl (C=O) groups excluding carboxylic acids is 1. The number of hydrogen-bond acceptors (Lipinski definition) is 2. The molecule has 4 heteroatoms. The molecule has 0 aliphatic rings. The first kappa shape index (κ1) is 14.3. The van der Waals surface area contributed by atoms with E-state index in [2.05, 4.69) is 5.10 Å². The Morgan fingerprint density at radius 1 is 1.30 bits per heavy atom. The highest BCUT2D eigenvalue weighted by Gasteiger charge is 2.15. The minimum Gasteiger partial charge on any atom is -0.336 e. The van der Waals surface area contributed by atoms with E-state index < -0.39 is 0 Å². The van der Waals surface area contributed by atoms with Crippen molar-refractivity contribution in [1.29, 1.82) is 0 Å². The van der Waals surface area contributed by atoms with Gasteiger partial charge in [-0.15, -0.1) is 0 Å². The van der Waals surface area contributed by atoms with Gasteiger partial charge in [-0.2, -0.15) is 5.10 Å². The van der Waals surface area contributed by atoms with Crippen LogP contribution in [0.1, 0.15) is 34.1 Å². The highest BCUT2D eigenvalue weighted by atomic mass is 16.2. The van der Waals surface area contributed by atoms with Crippen molar-refractivity contribution in [3.05, 3.63) is 52.8 Å². The number of benzene rings is 1. The third-order valence-corrected chi connectivity index (χ3v) is 3.39. The Bertz CT molecular complexity index is 616. The molecule has 1 aromatic heterocycles. The van der Waals surface area contributed by atoms with Crippen LogP contribution in [0.3, 0.4) is 0 Å². The summed E-state index contributed by atoms with van der Waals surface area (Å²) in [4.78, 5) is 14.2. The van der Waals surface area contributed by atoms with Crippen LogP contribution in [0.15, 0.2) is 30.5 Å². The minimum absolute atomic E-state index is 0.0391. The Morgan fingerprint density at radius 3 is 2.70 bits per heavy atom. The Morgan fingerprint density at radius 2 is 2.05 bits per heavy atom. The Labute approximate surface area is 120 Å². The smallest absolute Gasteiger partial charge is 0.254 e. The summed E-state index contributed by atoms with van der Waals surface area (Å²) in [6.45, 7) is 7.38. The maximum atomic E-state index is 12.5. The monoisotopic (exact) mass is 271 g/mol. The van der Waals surface area contributed by atoms with Gasteiger partial charge in [-0.1, -0.05) is 17.7 Å². The molecular formula is C16H21N3O. The summed E-state index contributed by atoms with van der Waals surface area (Å²) in [7, 11) is 1.81. The number of amides is 1. The summed E-state index contributed by atoms with van der Waals surface area (Å²) in [6.07, 6.45) is 1.94. The van der Waals surface area contributed by atoms with Gasteiger partial charge in [0.1, 0.15) is 0 Å². The van der Waals surface area contributed by atoms with Gasteiger partial charge in [0.25, 0.3) is 5.91 Å². The second kappa shape index (κ2) is 5.90. The lowest BCUT2D eigenvalue weighted by Gasteiger charge is -2.17. The normalized spacial score (nSPS) is 10.6. The quantitative estimate of drug-likeness (QED) is 0.857. The summed E-state index contributed by atoms with van der Waals surface area (Å²) >= 11 is 0. The van der Waals surface area contributed by atoms with Gasteiger partial charge >= 0.3 is 0 Å². The van der Waals surface area contributed by atoms with Crippen LogP contribution in [-0.4, -0.2) is 27.6 Å². The summed E-state index contributed by atoms with van der Waals surface area (Å²) in [6, 6.07) is 7.91. The third kappa shape index (κ3) is 3.07. The standard InChI is InChI=1S/C16H21N3O/c1-5-19-9-8-14(17-19)11-18(4)16(20)15-10-12(2)6-7-13(15)3/h6-10H,5,11H2,1-4H3. The molecule has 1 heterocycles. The number of aryl methyl sites for hydroxylation is 3. The van der Waals surface area contributed by atoms with Crippen LogP contribution in [0.5, 0.6) is 0 Å². The van der Waals surface area contributed by atoms with E-state index in [0.717, 1.165) is 28.9 Å². The van der Waals surface area contributed by atoms with E-state index in [1.807, 2.05) is 63.0 Å². The van der Waals surface area contributed by atoms with Gasteiger partial charge in [-0.05, 0) is 38.5 Å². The second-order valence-electron chi connectivity index (χ2n) is 5.14. The van der Waals surface area contributed by atoms with Gasteiger partial charge in [0, 0.05) is 25.4 Å². The maximum Gasteiger partial charge on any atom is 0.254 e. The Hall–Kier alpha value is -2.10. The molecule has 106 valence electrons. The highest BCUT2D eigenvalue weighted by molar-refractivity contribution is 5.95. The first-order valence-electron chi connectivity index (χ1n) is 6.86. The average Bonchev–Trinajstić information content (AvgIpc) is 2.88. The van der Waals surface area contributed by atoms with Crippen molar-refractivity contribution in [3.63, 3.8) is 0 Å². The fourth-order valence-electron chi connectivity index (χ4n) is 2.15. The summed E-state index contributed by atoms with van der Waals surface area (Å²) in [5.74, 6) is 0.0391. The molecular weight excluding hydrogens is 250 g/mol. The van der Waals surface area contributed by atoms with Crippen LogP contribution in [-0.2, 0) is 13.1 Å². The number of hydrogen-bond donors (Lipinski definition) is 0. The largest absolute Gasteiger partial charge is 0.336 e. The number of nitrogens with zero attached hydrogens (tertiary/aromatic N) is 3. The predicted octanol–water partition coefficient (Wildman–Crippen LogP) is 2.79. The molecule has 0 radical (unpaired) electrons. The molecule has 0 N–H and O–H groups in total. The van der Waals surface area contributed by atoms with Crippen molar-refractivity contribution in [1.82, 2.24) is 14.7 Å². The van der Waals surface area contributed by atoms with Crippen LogP contribution >= 0.6 is 0 Å². The number of rotatable bonds is 4. The predicted molar refractivity (Wildman–Crippen MR) is 79.6 cm³/mol. The van der Waals surface area contributed by atoms with Gasteiger partial charge in [-0.25, -0.2) is 0 Å². The molecule has 0 unspecified atom stereocenters. The Balaban J connectivity index is 2.14. The molecule has 0 aliphatic carbocycles. The fraction of sp³-hybridized carbons (Fsp3) is 0.375. The van der Waals surface area contributed by atoms with Crippen molar-refractivity contribution >= 4 is 5.91 Å². The molecule has 0 saturated carbocycles. The van der Waals surface area contributed by atoms with E-state index in [9.17, 15) is 4.79 Å². The van der Waals surface area contributed by atoms with Crippen molar-refractivity contribution in [3.8, 4) is 0 Å². The lowest BCUT2D eigenvalue weighted by molar-refractivity contribution is 0.0782. The van der Waals surface area contributed by atoms with Crippen LogP contribution in [0.4, 0.5) is 0 Å². The van der Waals surface area contributed by atoms with E-state index >= 15 is 0 Å². The van der Waals surface area contributed by atoms with E-state index in [1.54, 1.807) is 4.90 Å². The zero-order valence-electron chi connectivity index (χ0n) is 12.6. The van der Waals surface area contributed by atoms with Crippen molar-refractivity contribution in [2.75, 3.05) is 7.05 Å². The van der Waals surface area contributed by atoms with Crippen molar-refractivity contribution in [2.24, 2.45) is 0 Å². The topological polar surface area (TPSA) is 38.1 Å². The lowest BCUT2D eigenvalue weighted by Crippen LogP contribution is -2.27. The third-order valence-electron chi connectivity index (χ3n) is 3.39. The van der Waals surface area contributed by atoms with Crippen LogP contribution < -0.4 is 0 Å². The van der Waals surface area contributed by atoms with Crippen LogP contribution in [0.25, 0.3) is 0 Å². The molecule has 0 bridgehead atoms. The molecule has 0 spiro atoms. The highest BCUT2D eigenvalue weighted by Crippen LogP contribution is 2.14. The lowest BCUT2D eigenvalue weighted by atomic mass is 10.0. The number of aromatic nitrogens is 2. The fourth-order valence-corrected chi connectivity index (χ4v) is 2.15. The maximum absolute atomic E-state index is 12.5. The van der Waals surface area contributed by atoms with Crippen LogP contribution in [0.2, 0.25) is 0 Å². The van der Waals surface area contributed by atoms with Crippen molar-refractivity contribution < 1.29 is 4.79 Å². The van der Waals surface area contributed by atoms with Gasteiger partial charge in [0.15, 0.2) is 0 Å². The first-order valence-corrected chi connectivity index (χ1v) is 6.86. The Kier molecular flexibility index (Phi) is 4.23. The van der Waals surface area contributed by atoms with Gasteiger partial charge in [-0.3, -0.25) is 9.48 Å². The molecule has 1 amide bonds. The minimum atomic E-state index is 0.0391. The van der Waals surface area contributed by atoms with Gasteiger partial charge in [0.05, 0.1) is 12.2 Å². The SMILES string of the molecule is CCn1ccc(CN(C)C(=O)c2cc(C)ccc2C)n1. The van der Waals surface area contributed by atoms with Crippen LogP contribution in [0, 0.1) is 13.8 Å². The van der Waals surface area contributed by atoms with E-state index in [0.29, 0.717) is 6.54 Å². The van der Waals surface area contributed by atoms with E-state index in [4.69, 9.17) is 0 Å². The molecule has 1 aromatic carbocycles. The summed E-state index contributed by atoms with van der Waals surface area (Å²) < 4.78 is 1.87. The second-order valence-corrected chi connectivity index (χ2v) is 5.14. The molecule has 2 aromatic rings. The summed E-state index contributed by atoms with van der Waals surface area (Å²) in [5, 5.41) is 4.41. The molecule has 0 saturated heterocycles. The average molecular weight is 271 g/mol. The number of carbonyl (C=O) groups is 1. The molecule has 2 rings (SSSR count). The first-order chi connectivity index (χ1) is 9.51. The summed E-state index contributed by atoms with van der Waals surface area (Å²) in [5.41, 5.74) is 3.78.